The lowest BCUT2D eigenvalue weighted by atomic mass is 9.88. The molecule has 1 fully saturated rings. The molecule has 2 heterocycles. The highest BCUT2D eigenvalue weighted by Gasteiger charge is 2.28. The average Bonchev–Trinajstić information content (AvgIpc) is 2.78. The number of carbonyl (C=O) groups excluding carboxylic acids is 1. The van der Waals surface area contributed by atoms with Crippen LogP contribution in [0.15, 0.2) is 30.5 Å². The first-order valence-corrected chi connectivity index (χ1v) is 8.15. The van der Waals surface area contributed by atoms with Crippen molar-refractivity contribution in [1.82, 2.24) is 9.88 Å². The summed E-state index contributed by atoms with van der Waals surface area (Å²) in [6.07, 6.45) is 2.12. The zero-order valence-electron chi connectivity index (χ0n) is 14.4. The average molecular weight is 372 g/mol. The van der Waals surface area contributed by atoms with Gasteiger partial charge in [-0.2, -0.15) is 0 Å². The number of anilines is 1. The van der Waals surface area contributed by atoms with Crippen LogP contribution >= 0.6 is 24.8 Å². The Morgan fingerprint density at radius 1 is 1.25 bits per heavy atom. The summed E-state index contributed by atoms with van der Waals surface area (Å²) >= 11 is 0. The van der Waals surface area contributed by atoms with E-state index in [0.29, 0.717) is 11.8 Å². The molecule has 1 atom stereocenters. The van der Waals surface area contributed by atoms with Gasteiger partial charge in [-0.05, 0) is 49.2 Å². The molecular formula is C18H27Cl2N3O. The predicted octanol–water partition coefficient (Wildman–Crippen LogP) is 3.93. The van der Waals surface area contributed by atoms with Crippen molar-refractivity contribution in [2.24, 2.45) is 17.8 Å². The molecule has 6 heteroatoms. The second-order valence-corrected chi connectivity index (χ2v) is 6.83. The van der Waals surface area contributed by atoms with Crippen LogP contribution in [0.3, 0.4) is 0 Å². The van der Waals surface area contributed by atoms with Gasteiger partial charge >= 0.3 is 0 Å². The minimum Gasteiger partial charge on any atom is -0.347 e. The molecule has 24 heavy (non-hydrogen) atoms. The fourth-order valence-corrected chi connectivity index (χ4v) is 2.97. The van der Waals surface area contributed by atoms with E-state index in [1.165, 1.54) is 10.9 Å². The van der Waals surface area contributed by atoms with Gasteiger partial charge in [0.2, 0.25) is 5.91 Å². The van der Waals surface area contributed by atoms with Gasteiger partial charge in [0.25, 0.3) is 0 Å². The molecule has 0 spiro atoms. The van der Waals surface area contributed by atoms with Crippen LogP contribution in [-0.4, -0.2) is 23.6 Å². The Morgan fingerprint density at radius 2 is 1.96 bits per heavy atom. The SMILES string of the molecule is CC(C)Cn1ccc2cc(NC(=O)C(C)C3CNC3)ccc21.Cl.Cl. The Hall–Kier alpha value is -1.23. The summed E-state index contributed by atoms with van der Waals surface area (Å²) in [7, 11) is 0. The van der Waals surface area contributed by atoms with Gasteiger partial charge in [0.15, 0.2) is 0 Å². The van der Waals surface area contributed by atoms with Crippen LogP contribution in [0.2, 0.25) is 0 Å². The van der Waals surface area contributed by atoms with Crippen LogP contribution in [0.25, 0.3) is 10.9 Å². The highest BCUT2D eigenvalue weighted by molar-refractivity contribution is 5.95. The molecule has 0 radical (unpaired) electrons. The van der Waals surface area contributed by atoms with Crippen molar-refractivity contribution >= 4 is 47.3 Å². The molecule has 1 aliphatic heterocycles. The summed E-state index contributed by atoms with van der Waals surface area (Å²) in [5, 5.41) is 7.45. The normalized spacial score (nSPS) is 15.3. The molecular weight excluding hydrogens is 345 g/mol. The largest absolute Gasteiger partial charge is 0.347 e. The van der Waals surface area contributed by atoms with Gasteiger partial charge in [0.05, 0.1) is 0 Å². The Labute approximate surface area is 156 Å². The Bertz CT molecular complexity index is 680. The second-order valence-electron chi connectivity index (χ2n) is 6.83. The number of carbonyl (C=O) groups is 1. The lowest BCUT2D eigenvalue weighted by molar-refractivity contribution is -0.121. The van der Waals surface area contributed by atoms with E-state index in [1.807, 2.05) is 13.0 Å². The number of nitrogens with one attached hydrogen (secondary N) is 2. The van der Waals surface area contributed by atoms with Crippen LogP contribution < -0.4 is 10.6 Å². The van der Waals surface area contributed by atoms with E-state index in [2.05, 4.69) is 53.4 Å². The van der Waals surface area contributed by atoms with Gasteiger partial charge in [-0.25, -0.2) is 0 Å². The number of fused-ring (bicyclic) bond motifs is 1. The van der Waals surface area contributed by atoms with Gasteiger partial charge in [-0.1, -0.05) is 20.8 Å². The number of rotatable bonds is 5. The molecule has 0 bridgehead atoms. The maximum absolute atomic E-state index is 12.3. The second kappa shape index (κ2) is 8.75. The van der Waals surface area contributed by atoms with Gasteiger partial charge in [-0.15, -0.1) is 24.8 Å². The topological polar surface area (TPSA) is 46.1 Å². The van der Waals surface area contributed by atoms with Crippen molar-refractivity contribution in [3.63, 3.8) is 0 Å². The molecule has 4 nitrogen and oxygen atoms in total. The van der Waals surface area contributed by atoms with E-state index in [4.69, 9.17) is 0 Å². The van der Waals surface area contributed by atoms with E-state index in [0.717, 1.165) is 25.3 Å². The van der Waals surface area contributed by atoms with E-state index >= 15 is 0 Å². The van der Waals surface area contributed by atoms with Gasteiger partial charge in [0.1, 0.15) is 0 Å². The highest BCUT2D eigenvalue weighted by Crippen LogP contribution is 2.23. The predicted molar refractivity (Wildman–Crippen MR) is 105 cm³/mol. The molecule has 1 unspecified atom stereocenters. The minimum absolute atomic E-state index is 0. The molecule has 0 saturated carbocycles. The molecule has 2 aromatic rings. The van der Waals surface area contributed by atoms with Crippen LogP contribution in [0, 0.1) is 17.8 Å². The molecule has 1 amide bonds. The van der Waals surface area contributed by atoms with Crippen LogP contribution in [0.4, 0.5) is 5.69 Å². The summed E-state index contributed by atoms with van der Waals surface area (Å²) in [6, 6.07) is 8.29. The minimum atomic E-state index is 0. The van der Waals surface area contributed by atoms with E-state index in [-0.39, 0.29) is 36.6 Å². The van der Waals surface area contributed by atoms with Gasteiger partial charge < -0.3 is 15.2 Å². The molecule has 1 aromatic carbocycles. The number of hydrogen-bond acceptors (Lipinski definition) is 2. The van der Waals surface area contributed by atoms with E-state index < -0.39 is 0 Å². The first-order valence-electron chi connectivity index (χ1n) is 8.15. The van der Waals surface area contributed by atoms with E-state index in [1.54, 1.807) is 0 Å². The highest BCUT2D eigenvalue weighted by atomic mass is 35.5. The van der Waals surface area contributed by atoms with Gasteiger partial charge in [-0.3, -0.25) is 4.79 Å². The zero-order chi connectivity index (χ0) is 15.7. The fraction of sp³-hybridized carbons (Fsp3) is 0.500. The number of halogens is 2. The van der Waals surface area contributed by atoms with Crippen LogP contribution in [0.1, 0.15) is 20.8 Å². The third kappa shape index (κ3) is 4.44. The number of hydrogen-bond donors (Lipinski definition) is 2. The smallest absolute Gasteiger partial charge is 0.227 e. The molecule has 1 aromatic heterocycles. The lowest BCUT2D eigenvalue weighted by Crippen LogP contribution is -2.48. The Kier molecular flexibility index (Phi) is 7.58. The summed E-state index contributed by atoms with van der Waals surface area (Å²) in [5.74, 6) is 1.26. The van der Waals surface area contributed by atoms with Crippen molar-refractivity contribution in [3.05, 3.63) is 30.5 Å². The monoisotopic (exact) mass is 371 g/mol. The number of benzene rings is 1. The quantitative estimate of drug-likeness (QED) is 0.835. The van der Waals surface area contributed by atoms with Gasteiger partial charge in [0, 0.05) is 35.2 Å². The standard InChI is InChI=1S/C18H25N3O.2ClH/c1-12(2)11-21-7-6-14-8-16(4-5-17(14)21)20-18(22)13(3)15-9-19-10-15;;/h4-8,12-13,15,19H,9-11H2,1-3H3,(H,20,22);2*1H. The third-order valence-corrected chi connectivity index (χ3v) is 4.53. The molecule has 134 valence electrons. The molecule has 1 saturated heterocycles. The first kappa shape index (κ1) is 20.8. The summed E-state index contributed by atoms with van der Waals surface area (Å²) in [6.45, 7) is 9.37. The molecule has 0 aliphatic carbocycles. The zero-order valence-corrected chi connectivity index (χ0v) is 16.0. The maximum atomic E-state index is 12.3. The van der Waals surface area contributed by atoms with Crippen LogP contribution in [-0.2, 0) is 11.3 Å². The molecule has 1 aliphatic rings. The lowest BCUT2D eigenvalue weighted by Gasteiger charge is -2.31. The number of aromatic nitrogens is 1. The van der Waals surface area contributed by atoms with Crippen LogP contribution in [0.5, 0.6) is 0 Å². The first-order chi connectivity index (χ1) is 10.5. The Balaban J connectivity index is 0.00000144. The molecule has 3 rings (SSSR count). The number of nitrogens with zero attached hydrogens (tertiary/aromatic N) is 1. The van der Waals surface area contributed by atoms with E-state index in [9.17, 15) is 4.79 Å². The Morgan fingerprint density at radius 3 is 2.54 bits per heavy atom. The summed E-state index contributed by atoms with van der Waals surface area (Å²) in [5.41, 5.74) is 2.11. The van der Waals surface area contributed by atoms with Crippen molar-refractivity contribution in [2.75, 3.05) is 18.4 Å². The number of amides is 1. The molecule has 2 N–H and O–H groups in total. The fourth-order valence-electron chi connectivity index (χ4n) is 2.97. The van der Waals surface area contributed by atoms with Crippen molar-refractivity contribution < 1.29 is 4.79 Å². The summed E-state index contributed by atoms with van der Waals surface area (Å²) < 4.78 is 2.27. The van der Waals surface area contributed by atoms with Crippen molar-refractivity contribution in [3.8, 4) is 0 Å². The maximum Gasteiger partial charge on any atom is 0.227 e. The third-order valence-electron chi connectivity index (χ3n) is 4.53. The van der Waals surface area contributed by atoms with Crippen molar-refractivity contribution in [2.45, 2.75) is 27.3 Å². The summed E-state index contributed by atoms with van der Waals surface area (Å²) in [4.78, 5) is 12.3. The van der Waals surface area contributed by atoms with Crippen molar-refractivity contribution in [1.29, 1.82) is 0 Å².